The van der Waals surface area contributed by atoms with Gasteiger partial charge in [-0.3, -0.25) is 19.9 Å². The van der Waals surface area contributed by atoms with Gasteiger partial charge in [-0.1, -0.05) is 0 Å². The number of H-pyrrole nitrogens is 1. The van der Waals surface area contributed by atoms with E-state index >= 15 is 0 Å². The number of rotatable bonds is 4. The van der Waals surface area contributed by atoms with E-state index in [1.165, 1.54) is 0 Å². The van der Waals surface area contributed by atoms with E-state index < -0.39 is 31.3 Å². The summed E-state index contributed by atoms with van der Waals surface area (Å²) in [5, 5.41) is 17.3. The lowest BCUT2D eigenvalue weighted by molar-refractivity contribution is -0.388. The fourth-order valence-electron chi connectivity index (χ4n) is 1.75. The molecule has 1 heterocycles. The Morgan fingerprint density at radius 2 is 2.05 bits per heavy atom. The molecule has 0 aliphatic carbocycles. The molecule has 0 radical (unpaired) electrons. The second-order valence-corrected chi connectivity index (χ2v) is 5.93. The first-order valence-electron chi connectivity index (χ1n) is 5.70. The van der Waals surface area contributed by atoms with Gasteiger partial charge in [-0.05, 0) is 26.0 Å². The van der Waals surface area contributed by atoms with Crippen LogP contribution in [0.25, 0.3) is 0 Å². The minimum atomic E-state index is -4.24. The van der Waals surface area contributed by atoms with Crippen LogP contribution in [0.2, 0.25) is 0 Å². The fraction of sp³-hybridized carbons (Fsp3) is 0.182. The van der Waals surface area contributed by atoms with E-state index in [9.17, 15) is 22.9 Å². The maximum Gasteiger partial charge on any atom is 0.292 e. The zero-order valence-corrected chi connectivity index (χ0v) is 11.9. The summed E-state index contributed by atoms with van der Waals surface area (Å²) in [5.74, 6) is -0.892. The van der Waals surface area contributed by atoms with Crippen LogP contribution < -0.4 is 4.72 Å². The van der Waals surface area contributed by atoms with Gasteiger partial charge in [-0.2, -0.15) is 5.10 Å². The van der Waals surface area contributed by atoms with Crippen LogP contribution in [0.1, 0.15) is 11.4 Å². The summed E-state index contributed by atoms with van der Waals surface area (Å²) < 4.78 is 39.8. The van der Waals surface area contributed by atoms with Gasteiger partial charge in [-0.25, -0.2) is 12.8 Å². The number of aryl methyl sites for hydroxylation is 2. The minimum Gasteiger partial charge on any atom is -0.280 e. The van der Waals surface area contributed by atoms with Gasteiger partial charge < -0.3 is 0 Å². The molecule has 21 heavy (non-hydrogen) atoms. The Bertz CT molecular complexity index is 796. The highest BCUT2D eigenvalue weighted by Crippen LogP contribution is 2.28. The van der Waals surface area contributed by atoms with Crippen LogP contribution >= 0.6 is 0 Å². The largest absolute Gasteiger partial charge is 0.292 e. The number of hydrogen-bond donors (Lipinski definition) is 2. The van der Waals surface area contributed by atoms with Gasteiger partial charge in [0, 0.05) is 0 Å². The molecule has 2 N–H and O–H groups in total. The van der Waals surface area contributed by atoms with E-state index in [1.54, 1.807) is 13.8 Å². The highest BCUT2D eigenvalue weighted by molar-refractivity contribution is 7.92. The Morgan fingerprint density at radius 3 is 2.57 bits per heavy atom. The van der Waals surface area contributed by atoms with Crippen molar-refractivity contribution in [1.29, 1.82) is 0 Å². The summed E-state index contributed by atoms with van der Waals surface area (Å²) >= 11 is 0. The van der Waals surface area contributed by atoms with Crippen molar-refractivity contribution in [3.05, 3.63) is 45.5 Å². The van der Waals surface area contributed by atoms with E-state index in [0.717, 1.165) is 12.1 Å². The Hall–Kier alpha value is -2.49. The highest BCUT2D eigenvalue weighted by atomic mass is 32.2. The van der Waals surface area contributed by atoms with Crippen molar-refractivity contribution >= 4 is 21.4 Å². The zero-order chi connectivity index (χ0) is 15.8. The Labute approximate surface area is 119 Å². The molecule has 10 heteroatoms. The number of aromatic amines is 1. The second-order valence-electron chi connectivity index (χ2n) is 4.28. The third-order valence-corrected chi connectivity index (χ3v) is 4.17. The summed E-state index contributed by atoms with van der Waals surface area (Å²) in [6.07, 6.45) is 0. The average molecular weight is 314 g/mol. The van der Waals surface area contributed by atoms with Gasteiger partial charge in [-0.15, -0.1) is 0 Å². The molecule has 2 rings (SSSR count). The Morgan fingerprint density at radius 1 is 1.38 bits per heavy atom. The highest BCUT2D eigenvalue weighted by Gasteiger charge is 2.27. The lowest BCUT2D eigenvalue weighted by atomic mass is 10.3. The minimum absolute atomic E-state index is 0.202. The summed E-state index contributed by atoms with van der Waals surface area (Å²) in [7, 11) is -4.24. The Kier molecular flexibility index (Phi) is 3.64. The molecular formula is C11H11FN4O4S. The lowest BCUT2D eigenvalue weighted by Crippen LogP contribution is -2.15. The molecule has 0 amide bonds. The van der Waals surface area contributed by atoms with Crippen LogP contribution in [0.4, 0.5) is 15.8 Å². The molecule has 2 aromatic rings. The molecular weight excluding hydrogens is 303 g/mol. The third kappa shape index (κ3) is 2.84. The number of sulfonamides is 1. The summed E-state index contributed by atoms with van der Waals surface area (Å²) in [4.78, 5) is 9.32. The van der Waals surface area contributed by atoms with Crippen LogP contribution in [0.3, 0.4) is 0 Å². The molecule has 0 aliphatic rings. The molecule has 0 bridgehead atoms. The number of nitrogens with zero attached hydrogens (tertiary/aromatic N) is 2. The molecule has 0 saturated carbocycles. The number of halogens is 1. The van der Waals surface area contributed by atoms with Crippen molar-refractivity contribution in [3.8, 4) is 0 Å². The maximum atomic E-state index is 13.1. The topological polar surface area (TPSA) is 118 Å². The number of benzene rings is 1. The monoisotopic (exact) mass is 314 g/mol. The summed E-state index contributed by atoms with van der Waals surface area (Å²) in [6.45, 7) is 3.16. The van der Waals surface area contributed by atoms with E-state index in [-0.39, 0.29) is 5.69 Å². The lowest BCUT2D eigenvalue weighted by Gasteiger charge is -2.08. The molecule has 0 fully saturated rings. The Balaban J connectivity index is 2.53. The van der Waals surface area contributed by atoms with Gasteiger partial charge in [0.05, 0.1) is 28.1 Å². The number of aromatic nitrogens is 2. The van der Waals surface area contributed by atoms with Gasteiger partial charge in [0.25, 0.3) is 15.7 Å². The smallest absolute Gasteiger partial charge is 0.280 e. The predicted octanol–water partition coefficient (Wildman–Crippen LogP) is 1.87. The van der Waals surface area contributed by atoms with Crippen LogP contribution in [0.15, 0.2) is 23.1 Å². The third-order valence-electron chi connectivity index (χ3n) is 2.77. The molecule has 8 nitrogen and oxygen atoms in total. The first-order chi connectivity index (χ1) is 9.72. The molecule has 1 aromatic heterocycles. The SMILES string of the molecule is Cc1n[nH]c(C)c1NS(=O)(=O)c1ccc(F)cc1[N+](=O)[O-]. The molecule has 0 spiro atoms. The zero-order valence-electron chi connectivity index (χ0n) is 11.0. The second kappa shape index (κ2) is 5.13. The molecule has 1 aromatic carbocycles. The van der Waals surface area contributed by atoms with Crippen LogP contribution in [-0.2, 0) is 10.0 Å². The van der Waals surface area contributed by atoms with Gasteiger partial charge in [0.2, 0.25) is 0 Å². The van der Waals surface area contributed by atoms with Crippen molar-refractivity contribution in [1.82, 2.24) is 10.2 Å². The predicted molar refractivity (Wildman–Crippen MR) is 71.9 cm³/mol. The molecule has 112 valence electrons. The number of hydrogen-bond acceptors (Lipinski definition) is 5. The normalized spacial score (nSPS) is 11.4. The van der Waals surface area contributed by atoms with Gasteiger partial charge in [0.15, 0.2) is 4.90 Å². The molecule has 0 aliphatic heterocycles. The van der Waals surface area contributed by atoms with Crippen molar-refractivity contribution in [3.63, 3.8) is 0 Å². The van der Waals surface area contributed by atoms with E-state index in [2.05, 4.69) is 14.9 Å². The molecule has 0 saturated heterocycles. The fourth-order valence-corrected chi connectivity index (χ4v) is 3.09. The van der Waals surface area contributed by atoms with Gasteiger partial charge in [0.1, 0.15) is 5.82 Å². The van der Waals surface area contributed by atoms with Crippen molar-refractivity contribution in [2.45, 2.75) is 18.7 Å². The quantitative estimate of drug-likeness (QED) is 0.659. The number of anilines is 1. The van der Waals surface area contributed by atoms with Crippen LogP contribution in [-0.4, -0.2) is 23.5 Å². The number of nitrogens with one attached hydrogen (secondary N) is 2. The van der Waals surface area contributed by atoms with Crippen LogP contribution in [0, 0.1) is 29.8 Å². The number of nitro groups is 1. The molecule has 0 unspecified atom stereocenters. The van der Waals surface area contributed by atoms with Gasteiger partial charge >= 0.3 is 0 Å². The van der Waals surface area contributed by atoms with E-state index in [0.29, 0.717) is 17.5 Å². The standard InChI is InChI=1S/C11H11FN4O4S/c1-6-11(7(2)14-13-6)15-21(19,20)10-4-3-8(12)5-9(10)16(17)18/h3-5,15H,1-2H3,(H,13,14). The van der Waals surface area contributed by atoms with E-state index in [1.807, 2.05) is 0 Å². The van der Waals surface area contributed by atoms with E-state index in [4.69, 9.17) is 0 Å². The summed E-state index contributed by atoms with van der Waals surface area (Å²) in [6, 6.07) is 2.25. The maximum absolute atomic E-state index is 13.1. The van der Waals surface area contributed by atoms with Crippen LogP contribution in [0.5, 0.6) is 0 Å². The number of nitro benzene ring substituents is 1. The average Bonchev–Trinajstić information content (AvgIpc) is 2.69. The summed E-state index contributed by atoms with van der Waals surface area (Å²) in [5.41, 5.74) is 0.219. The van der Waals surface area contributed by atoms with Crippen molar-refractivity contribution in [2.24, 2.45) is 0 Å². The van der Waals surface area contributed by atoms with Crippen molar-refractivity contribution < 1.29 is 17.7 Å². The van der Waals surface area contributed by atoms with Crippen molar-refractivity contribution in [2.75, 3.05) is 4.72 Å². The molecule has 0 atom stereocenters. The first kappa shape index (κ1) is 14.9. The first-order valence-corrected chi connectivity index (χ1v) is 7.19.